The van der Waals surface area contributed by atoms with Gasteiger partial charge in [0.2, 0.25) is 0 Å². The molecule has 0 aromatic rings. The molecule has 0 amide bonds. The van der Waals surface area contributed by atoms with Crippen molar-refractivity contribution < 1.29 is 0 Å². The molecule has 0 unspecified atom stereocenters. The molecule has 1 fully saturated rings. The van der Waals surface area contributed by atoms with Gasteiger partial charge in [-0.2, -0.15) is 0 Å². The first-order chi connectivity index (χ1) is 5.47. The van der Waals surface area contributed by atoms with Gasteiger partial charge >= 0.3 is 0 Å². The Labute approximate surface area is 65.1 Å². The summed E-state index contributed by atoms with van der Waals surface area (Å²) in [6.45, 7) is 2.10. The summed E-state index contributed by atoms with van der Waals surface area (Å²) < 4.78 is 0. The summed E-state index contributed by atoms with van der Waals surface area (Å²) in [4.78, 5) is 2.13. The third-order valence-corrected chi connectivity index (χ3v) is 1.95. The number of likely N-dealkylation sites (tertiary alicyclic amines) is 1. The minimum atomic E-state index is 0.685. The van der Waals surface area contributed by atoms with Crippen LogP contribution >= 0.6 is 0 Å². The molecule has 5 heteroatoms. The highest BCUT2D eigenvalue weighted by atomic mass is 15.7. The van der Waals surface area contributed by atoms with Gasteiger partial charge in [0.25, 0.3) is 5.96 Å². The van der Waals surface area contributed by atoms with E-state index in [4.69, 9.17) is 0 Å². The fraction of sp³-hybridized carbons (Fsp3) is 0.833. The van der Waals surface area contributed by atoms with Crippen molar-refractivity contribution in [1.82, 2.24) is 10.4 Å². The van der Waals surface area contributed by atoms with Gasteiger partial charge in [-0.05, 0) is 30.0 Å². The lowest BCUT2D eigenvalue weighted by atomic mass is 10.1. The van der Waals surface area contributed by atoms with E-state index in [2.05, 4.69) is 25.9 Å². The molecule has 0 bridgehead atoms. The molecule has 0 N–H and O–H groups in total. The van der Waals surface area contributed by atoms with Crippen molar-refractivity contribution in [1.29, 1.82) is 0 Å². The van der Waals surface area contributed by atoms with Gasteiger partial charge in [-0.1, -0.05) is 10.2 Å². The van der Waals surface area contributed by atoms with Crippen molar-refractivity contribution in [3.05, 3.63) is 0 Å². The monoisotopic (exact) mass is 152 g/mol. The van der Waals surface area contributed by atoms with E-state index in [9.17, 15) is 0 Å². The van der Waals surface area contributed by atoms with Crippen molar-refractivity contribution in [2.24, 2.45) is 15.4 Å². The highest BCUT2D eigenvalue weighted by molar-refractivity contribution is 5.80. The Morgan fingerprint density at radius 3 is 2.55 bits per heavy atom. The summed E-state index contributed by atoms with van der Waals surface area (Å²) in [7, 11) is 0. The van der Waals surface area contributed by atoms with Crippen molar-refractivity contribution in [3.63, 3.8) is 0 Å². The number of hydrogen-bond donors (Lipinski definition) is 0. The lowest BCUT2D eigenvalue weighted by Gasteiger charge is -2.25. The average Bonchev–Trinajstić information content (AvgIpc) is 2.58. The van der Waals surface area contributed by atoms with Crippen LogP contribution in [0.1, 0.15) is 19.3 Å². The maximum absolute atomic E-state index is 3.79. The predicted molar refractivity (Wildman–Crippen MR) is 39.8 cm³/mol. The molecule has 1 radical (unpaired) electrons. The topological polar surface area (TPSA) is 54.4 Å². The van der Waals surface area contributed by atoms with E-state index >= 15 is 0 Å². The standard InChI is InChI=1S/C6H10N5/c1-2-4-11(5-3-1)6-7-9-10-8-6/h1-5H2. The maximum Gasteiger partial charge on any atom is 0.268 e. The molecule has 5 nitrogen and oxygen atoms in total. The van der Waals surface area contributed by atoms with Crippen LogP contribution in [0.3, 0.4) is 0 Å². The first-order valence-corrected chi connectivity index (χ1v) is 3.90. The van der Waals surface area contributed by atoms with Gasteiger partial charge in [0.15, 0.2) is 0 Å². The molecule has 2 aliphatic rings. The van der Waals surface area contributed by atoms with Crippen LogP contribution in [0.5, 0.6) is 0 Å². The van der Waals surface area contributed by atoms with E-state index in [-0.39, 0.29) is 0 Å². The van der Waals surface area contributed by atoms with Crippen molar-refractivity contribution in [2.75, 3.05) is 13.1 Å². The highest BCUT2D eigenvalue weighted by Gasteiger charge is 2.16. The van der Waals surface area contributed by atoms with Gasteiger partial charge in [-0.25, -0.2) is 0 Å². The fourth-order valence-corrected chi connectivity index (χ4v) is 1.36. The molecule has 59 valence electrons. The van der Waals surface area contributed by atoms with E-state index in [0.717, 1.165) is 13.1 Å². The van der Waals surface area contributed by atoms with Crippen LogP contribution in [-0.2, 0) is 0 Å². The summed E-state index contributed by atoms with van der Waals surface area (Å²) in [5.41, 5.74) is 3.44. The Bertz CT molecular complexity index is 191. The Morgan fingerprint density at radius 1 is 1.09 bits per heavy atom. The van der Waals surface area contributed by atoms with Crippen LogP contribution < -0.4 is 5.53 Å². The number of hydrogen-bond acceptors (Lipinski definition) is 4. The van der Waals surface area contributed by atoms with Crippen LogP contribution in [0.2, 0.25) is 0 Å². The molecule has 11 heavy (non-hydrogen) atoms. The third kappa shape index (κ3) is 1.31. The molecule has 0 spiro atoms. The third-order valence-electron chi connectivity index (χ3n) is 1.95. The van der Waals surface area contributed by atoms with Crippen LogP contribution in [0.25, 0.3) is 0 Å². The van der Waals surface area contributed by atoms with Gasteiger partial charge in [-0.3, -0.25) is 0 Å². The molecule has 0 atom stereocenters. The second kappa shape index (κ2) is 2.86. The van der Waals surface area contributed by atoms with Crippen LogP contribution in [0.4, 0.5) is 0 Å². The van der Waals surface area contributed by atoms with E-state index in [0.29, 0.717) is 5.96 Å². The predicted octanol–water partition coefficient (Wildman–Crippen LogP) is 0.728. The van der Waals surface area contributed by atoms with Crippen LogP contribution in [0, 0.1) is 0 Å². The minimum Gasteiger partial charge on any atom is -0.338 e. The van der Waals surface area contributed by atoms with Gasteiger partial charge in [0, 0.05) is 13.1 Å². The van der Waals surface area contributed by atoms with E-state index in [1.165, 1.54) is 19.3 Å². The zero-order valence-electron chi connectivity index (χ0n) is 6.27. The molecule has 2 aliphatic heterocycles. The minimum absolute atomic E-state index is 0.685. The zero-order valence-corrected chi connectivity index (χ0v) is 6.27. The second-order valence-electron chi connectivity index (χ2n) is 2.73. The van der Waals surface area contributed by atoms with E-state index in [1.54, 1.807) is 0 Å². The normalized spacial score (nSPS) is 23.3. The van der Waals surface area contributed by atoms with Gasteiger partial charge in [0.05, 0.1) is 0 Å². The highest BCUT2D eigenvalue weighted by Crippen LogP contribution is 2.11. The quantitative estimate of drug-likeness (QED) is 0.504. The first kappa shape index (κ1) is 6.57. The van der Waals surface area contributed by atoms with E-state index < -0.39 is 0 Å². The number of guanidine groups is 1. The van der Waals surface area contributed by atoms with Crippen molar-refractivity contribution in [2.45, 2.75) is 19.3 Å². The smallest absolute Gasteiger partial charge is 0.268 e. The molecule has 0 aromatic carbocycles. The molecule has 1 saturated heterocycles. The molecule has 2 rings (SSSR count). The second-order valence-corrected chi connectivity index (χ2v) is 2.73. The van der Waals surface area contributed by atoms with Crippen LogP contribution in [0.15, 0.2) is 15.4 Å². The summed E-state index contributed by atoms with van der Waals surface area (Å²) in [6, 6.07) is 0. The first-order valence-electron chi connectivity index (χ1n) is 3.90. The lowest BCUT2D eigenvalue weighted by molar-refractivity contribution is 0.339. The molecular weight excluding hydrogens is 142 g/mol. The molecule has 0 saturated carbocycles. The zero-order chi connectivity index (χ0) is 7.52. The van der Waals surface area contributed by atoms with E-state index in [1.807, 2.05) is 0 Å². The van der Waals surface area contributed by atoms with Gasteiger partial charge < -0.3 is 4.90 Å². The average molecular weight is 152 g/mol. The largest absolute Gasteiger partial charge is 0.338 e. The SMILES string of the molecule is C1CCN(C2=N[N]N=N2)CC1. The molecule has 0 aromatic heterocycles. The number of piperidine rings is 1. The number of rotatable bonds is 0. The summed E-state index contributed by atoms with van der Waals surface area (Å²) >= 11 is 0. The van der Waals surface area contributed by atoms with Crippen molar-refractivity contribution in [3.8, 4) is 0 Å². The Kier molecular flexibility index (Phi) is 1.71. The Hall–Kier alpha value is -1.13. The lowest BCUT2D eigenvalue weighted by Crippen LogP contribution is -2.33. The Morgan fingerprint density at radius 2 is 1.91 bits per heavy atom. The van der Waals surface area contributed by atoms with Gasteiger partial charge in [-0.15, -0.1) is 0 Å². The summed E-state index contributed by atoms with van der Waals surface area (Å²) in [5, 5.41) is 11.0. The van der Waals surface area contributed by atoms with Crippen LogP contribution in [-0.4, -0.2) is 23.9 Å². The number of nitrogens with zero attached hydrogens (tertiary/aromatic N) is 5. The molecule has 2 heterocycles. The van der Waals surface area contributed by atoms with Gasteiger partial charge in [0.1, 0.15) is 0 Å². The molecular formula is C6H10N5. The Balaban J connectivity index is 1.97. The summed E-state index contributed by atoms with van der Waals surface area (Å²) in [5.74, 6) is 0.685. The molecule has 0 aliphatic carbocycles. The van der Waals surface area contributed by atoms with Crippen molar-refractivity contribution >= 4 is 5.96 Å². The maximum atomic E-state index is 3.79. The fourth-order valence-electron chi connectivity index (χ4n) is 1.36. The summed E-state index contributed by atoms with van der Waals surface area (Å²) in [6.07, 6.45) is 3.78.